The van der Waals surface area contributed by atoms with Gasteiger partial charge in [0.25, 0.3) is 5.91 Å². The van der Waals surface area contributed by atoms with Gasteiger partial charge in [-0.1, -0.05) is 31.5 Å². The summed E-state index contributed by atoms with van der Waals surface area (Å²) in [5.74, 6) is 0.258. The number of carbonyl (C=O) groups excluding carboxylic acids is 1. The van der Waals surface area contributed by atoms with Gasteiger partial charge in [0, 0.05) is 18.5 Å². The fraction of sp³-hybridized carbons (Fsp3) is 0.696. The zero-order chi connectivity index (χ0) is 19.4. The van der Waals surface area contributed by atoms with Gasteiger partial charge in [0.1, 0.15) is 0 Å². The first-order chi connectivity index (χ1) is 12.4. The van der Waals surface area contributed by atoms with Crippen molar-refractivity contribution in [2.75, 3.05) is 25.5 Å². The number of nitrogens with zero attached hydrogens (tertiary/aromatic N) is 1. The summed E-state index contributed by atoms with van der Waals surface area (Å²) in [6.45, 7) is 12.6. The van der Waals surface area contributed by atoms with E-state index in [1.54, 1.807) is 0 Å². The monoisotopic (exact) mass is 359 g/mol. The van der Waals surface area contributed by atoms with Gasteiger partial charge in [0.05, 0.1) is 20.1 Å². The summed E-state index contributed by atoms with van der Waals surface area (Å²) < 4.78 is 0.947. The SMILES string of the molecule is CC.Cc1cc(C)c(NC(=O)C2([N+]3(C)CCCCCC3)CCC2)c(C)c1. The molecule has 2 fully saturated rings. The average molecular weight is 360 g/mol. The van der Waals surface area contributed by atoms with Crippen molar-refractivity contribution in [3.05, 3.63) is 28.8 Å². The second kappa shape index (κ2) is 8.56. The summed E-state index contributed by atoms with van der Waals surface area (Å²) in [7, 11) is 2.33. The van der Waals surface area contributed by atoms with Gasteiger partial charge in [-0.15, -0.1) is 0 Å². The Hall–Kier alpha value is -1.35. The first-order valence-corrected chi connectivity index (χ1v) is 10.6. The van der Waals surface area contributed by atoms with Crippen LogP contribution in [0, 0.1) is 20.8 Å². The Morgan fingerprint density at radius 3 is 1.85 bits per heavy atom. The molecule has 1 amide bonds. The second-order valence-electron chi connectivity index (χ2n) is 8.37. The highest BCUT2D eigenvalue weighted by atomic mass is 16.2. The van der Waals surface area contributed by atoms with Crippen LogP contribution in [0.25, 0.3) is 0 Å². The van der Waals surface area contributed by atoms with Crippen LogP contribution in [0.4, 0.5) is 5.69 Å². The van der Waals surface area contributed by atoms with E-state index in [-0.39, 0.29) is 11.4 Å². The number of benzene rings is 1. The lowest BCUT2D eigenvalue weighted by molar-refractivity contribution is -0.954. The molecule has 3 rings (SSSR count). The van der Waals surface area contributed by atoms with Crippen LogP contribution in [0.5, 0.6) is 0 Å². The van der Waals surface area contributed by atoms with E-state index in [0.29, 0.717) is 0 Å². The molecule has 1 aromatic carbocycles. The first-order valence-electron chi connectivity index (χ1n) is 10.6. The molecule has 146 valence electrons. The van der Waals surface area contributed by atoms with E-state index in [0.717, 1.165) is 36.1 Å². The molecule has 3 heteroatoms. The predicted molar refractivity (Wildman–Crippen MR) is 112 cm³/mol. The lowest BCUT2D eigenvalue weighted by atomic mass is 9.72. The number of hydrogen-bond donors (Lipinski definition) is 1. The smallest absolute Gasteiger partial charge is 0.285 e. The normalized spacial score (nSPS) is 20.8. The summed E-state index contributed by atoms with van der Waals surface area (Å²) in [6, 6.07) is 4.33. The van der Waals surface area contributed by atoms with Crippen LogP contribution in [0.2, 0.25) is 0 Å². The quantitative estimate of drug-likeness (QED) is 0.707. The van der Waals surface area contributed by atoms with Gasteiger partial charge in [0.15, 0.2) is 5.54 Å². The van der Waals surface area contributed by atoms with E-state index in [9.17, 15) is 4.79 Å². The second-order valence-corrected chi connectivity index (χ2v) is 8.37. The number of anilines is 1. The molecular formula is C23H39N2O+. The topological polar surface area (TPSA) is 29.1 Å². The minimum absolute atomic E-state index is 0.200. The number of likely N-dealkylation sites (tertiary alicyclic amines) is 1. The van der Waals surface area contributed by atoms with Gasteiger partial charge in [-0.25, -0.2) is 0 Å². The Balaban J connectivity index is 0.00000117. The number of hydrogen-bond acceptors (Lipinski definition) is 1. The Labute approximate surface area is 160 Å². The minimum Gasteiger partial charge on any atom is -0.320 e. The van der Waals surface area contributed by atoms with Crippen LogP contribution in [-0.2, 0) is 4.79 Å². The molecule has 0 bridgehead atoms. The first kappa shape index (κ1) is 21.0. The predicted octanol–water partition coefficient (Wildman–Crippen LogP) is 5.52. The molecule has 0 aromatic heterocycles. The van der Waals surface area contributed by atoms with E-state index >= 15 is 0 Å². The largest absolute Gasteiger partial charge is 0.320 e. The summed E-state index contributed by atoms with van der Waals surface area (Å²) >= 11 is 0. The third-order valence-corrected chi connectivity index (χ3v) is 6.61. The standard InChI is InChI=1S/C21H32N2O.C2H6/c1-16-14-17(2)19(18(3)15-16)22-20(24)21(10-9-11-21)23(4)12-7-5-6-8-13-23;1-2/h14-15H,5-13H2,1-4H3;1-2H3/p+1. The van der Waals surface area contributed by atoms with E-state index < -0.39 is 0 Å². The zero-order valence-electron chi connectivity index (χ0n) is 17.9. The number of amides is 1. The van der Waals surface area contributed by atoms with Crippen molar-refractivity contribution < 1.29 is 9.28 Å². The molecule has 1 saturated carbocycles. The van der Waals surface area contributed by atoms with Crippen molar-refractivity contribution in [1.29, 1.82) is 0 Å². The van der Waals surface area contributed by atoms with E-state index in [1.807, 2.05) is 13.8 Å². The van der Waals surface area contributed by atoms with Gasteiger partial charge < -0.3 is 9.80 Å². The van der Waals surface area contributed by atoms with Gasteiger partial charge in [-0.2, -0.15) is 0 Å². The lowest BCUT2D eigenvalue weighted by Crippen LogP contribution is -2.71. The van der Waals surface area contributed by atoms with Crippen molar-refractivity contribution in [3.8, 4) is 0 Å². The molecule has 0 unspecified atom stereocenters. The molecule has 2 aliphatic rings. The van der Waals surface area contributed by atoms with Crippen molar-refractivity contribution in [3.63, 3.8) is 0 Å². The Morgan fingerprint density at radius 2 is 1.42 bits per heavy atom. The zero-order valence-corrected chi connectivity index (χ0v) is 17.9. The van der Waals surface area contributed by atoms with Crippen molar-refractivity contribution >= 4 is 11.6 Å². The molecule has 26 heavy (non-hydrogen) atoms. The Kier molecular flexibility index (Phi) is 6.90. The molecule has 1 saturated heterocycles. The fourth-order valence-electron chi connectivity index (χ4n) is 4.95. The number of likely N-dealkylation sites (N-methyl/N-ethyl adjacent to an activating group) is 1. The highest BCUT2D eigenvalue weighted by molar-refractivity contribution is 5.99. The summed E-state index contributed by atoms with van der Waals surface area (Å²) in [5, 5.41) is 3.34. The molecule has 3 nitrogen and oxygen atoms in total. The molecule has 1 heterocycles. The van der Waals surface area contributed by atoms with Crippen LogP contribution in [-0.4, -0.2) is 36.1 Å². The van der Waals surface area contributed by atoms with E-state index in [1.165, 1.54) is 48.8 Å². The molecule has 1 aliphatic carbocycles. The van der Waals surface area contributed by atoms with Crippen LogP contribution in [0.3, 0.4) is 0 Å². The van der Waals surface area contributed by atoms with Gasteiger partial charge in [-0.3, -0.25) is 4.79 Å². The molecule has 0 spiro atoms. The number of carbonyl (C=O) groups is 1. The van der Waals surface area contributed by atoms with E-state index in [4.69, 9.17) is 0 Å². The molecule has 1 aliphatic heterocycles. The minimum atomic E-state index is -0.200. The molecular weight excluding hydrogens is 320 g/mol. The fourth-order valence-corrected chi connectivity index (χ4v) is 4.95. The number of aryl methyl sites for hydroxylation is 3. The lowest BCUT2D eigenvalue weighted by Gasteiger charge is -2.54. The van der Waals surface area contributed by atoms with Gasteiger partial charge >= 0.3 is 0 Å². The van der Waals surface area contributed by atoms with Crippen molar-refractivity contribution in [1.82, 2.24) is 0 Å². The van der Waals surface area contributed by atoms with Gasteiger partial charge in [0.2, 0.25) is 0 Å². The third kappa shape index (κ3) is 3.83. The highest BCUT2D eigenvalue weighted by Gasteiger charge is 2.58. The Morgan fingerprint density at radius 1 is 0.923 bits per heavy atom. The molecule has 0 atom stereocenters. The van der Waals surface area contributed by atoms with Crippen LogP contribution >= 0.6 is 0 Å². The van der Waals surface area contributed by atoms with Crippen LogP contribution in [0.15, 0.2) is 12.1 Å². The highest BCUT2D eigenvalue weighted by Crippen LogP contribution is 2.44. The average Bonchev–Trinajstić information content (AvgIpc) is 2.77. The van der Waals surface area contributed by atoms with E-state index in [2.05, 4.69) is 45.3 Å². The summed E-state index contributed by atoms with van der Waals surface area (Å²) in [6.07, 6.45) is 8.43. The maximum Gasteiger partial charge on any atom is 0.285 e. The third-order valence-electron chi connectivity index (χ3n) is 6.61. The maximum absolute atomic E-state index is 13.4. The Bertz CT molecular complexity index is 600. The van der Waals surface area contributed by atoms with Crippen molar-refractivity contribution in [2.45, 2.75) is 85.1 Å². The number of quaternary nitrogens is 1. The van der Waals surface area contributed by atoms with Crippen LogP contribution < -0.4 is 5.32 Å². The molecule has 1 aromatic rings. The number of rotatable bonds is 3. The summed E-state index contributed by atoms with van der Waals surface area (Å²) in [5.41, 5.74) is 4.43. The van der Waals surface area contributed by atoms with Crippen molar-refractivity contribution in [2.24, 2.45) is 0 Å². The van der Waals surface area contributed by atoms with Gasteiger partial charge in [-0.05, 0) is 64.0 Å². The molecule has 1 N–H and O–H groups in total. The maximum atomic E-state index is 13.4. The van der Waals surface area contributed by atoms with Crippen LogP contribution in [0.1, 0.15) is 75.5 Å². The number of nitrogens with one attached hydrogen (secondary N) is 1. The summed E-state index contributed by atoms with van der Waals surface area (Å²) in [4.78, 5) is 13.4. The molecule has 0 radical (unpaired) electrons.